The predicted molar refractivity (Wildman–Crippen MR) is 317 cm³/mol. The second-order valence-corrected chi connectivity index (χ2v) is 26.6. The van der Waals surface area contributed by atoms with Gasteiger partial charge in [0.2, 0.25) is 0 Å². The minimum atomic E-state index is -2.16. The molecule has 0 aromatic carbocycles. The summed E-state index contributed by atoms with van der Waals surface area (Å²) in [5.74, 6) is -2.01. The lowest BCUT2D eigenvalue weighted by Crippen LogP contribution is -2.68. The fourth-order valence-electron chi connectivity index (χ4n) is 13.9. The highest BCUT2D eigenvalue weighted by atomic mass is 16.8. The van der Waals surface area contributed by atoms with E-state index in [2.05, 4.69) is 10.6 Å². The van der Waals surface area contributed by atoms with E-state index in [1.165, 1.54) is 32.9 Å². The highest BCUT2D eigenvalue weighted by Gasteiger charge is 2.59. The van der Waals surface area contributed by atoms with Crippen LogP contribution in [0.2, 0.25) is 0 Å². The number of rotatable bonds is 24. The molecular formula is C59H98N2O40. The van der Waals surface area contributed by atoms with Gasteiger partial charge in [0.1, 0.15) is 178 Å². The van der Waals surface area contributed by atoms with Crippen molar-refractivity contribution in [3.8, 4) is 0 Å². The third kappa shape index (κ3) is 17.3. The Hall–Kier alpha value is -2.65. The van der Waals surface area contributed by atoms with Crippen LogP contribution in [-0.4, -0.2) is 437 Å². The van der Waals surface area contributed by atoms with Gasteiger partial charge in [-0.2, -0.15) is 0 Å². The molecule has 7 fully saturated rings. The lowest BCUT2D eigenvalue weighted by molar-refractivity contribution is -0.389. The van der Waals surface area contributed by atoms with Crippen LogP contribution in [0.15, 0.2) is 23.3 Å². The van der Waals surface area contributed by atoms with Crippen LogP contribution in [-0.2, 0) is 71.1 Å². The van der Waals surface area contributed by atoms with Gasteiger partial charge in [-0.3, -0.25) is 4.79 Å². The van der Waals surface area contributed by atoms with Crippen molar-refractivity contribution in [2.45, 2.75) is 285 Å². The van der Waals surface area contributed by atoms with Crippen molar-refractivity contribution in [2.75, 3.05) is 46.2 Å². The number of carbonyl (C=O) groups excluding carboxylic acids is 1. The molecule has 7 aliphatic heterocycles. The maximum absolute atomic E-state index is 12.2. The standard InChI is InChI=1S/C59H98N2O40/c1-14-29(69)54(98-50-23(10-65)93-59(45(85)39(50)79)101-52-25(12-67)94-58(46(86)40(52)80)100-49-22(9-64)91-53(87)41(81)37(49)77)95-26(13-88-17(4)68)47(14)96-55-42(82)33(73)28(15(2)89-55)61-21-6-19(8-63)48(36(76)32(21)72)97-57-44(84)38(78)51(24(11-66)92-57)99-56-43(83)34(74)27(16(3)90-56)60-20-5-18(7-62)30(70)35(75)31(20)71/h5-6,14-16,20-67,69-87H,7-13H2,1-4H3. The number of aliphatic hydroxyl groups excluding tert-OH is 25. The Balaban J connectivity index is 0.794. The molecule has 0 bridgehead atoms. The number of nitrogens with one attached hydrogen (secondary N) is 2. The number of esters is 1. The van der Waals surface area contributed by atoms with Crippen LogP contribution >= 0.6 is 0 Å². The highest BCUT2D eigenvalue weighted by Crippen LogP contribution is 2.40. The Morgan fingerprint density at radius 3 is 1.11 bits per heavy atom. The van der Waals surface area contributed by atoms with Crippen molar-refractivity contribution < 1.29 is 199 Å². The molecule has 7 saturated heterocycles. The number of carbonyl (C=O) groups is 1. The van der Waals surface area contributed by atoms with Crippen LogP contribution in [0.3, 0.4) is 0 Å². The third-order valence-corrected chi connectivity index (χ3v) is 19.9. The van der Waals surface area contributed by atoms with Crippen LogP contribution in [0.1, 0.15) is 27.7 Å². The van der Waals surface area contributed by atoms with Crippen molar-refractivity contribution >= 4 is 5.97 Å². The number of hydrogen-bond acceptors (Lipinski definition) is 42. The first-order valence-electron chi connectivity index (χ1n) is 32.9. The minimum Gasteiger partial charge on any atom is -0.463 e. The summed E-state index contributed by atoms with van der Waals surface area (Å²) in [6.07, 6.45) is -65.9. The van der Waals surface area contributed by atoms with E-state index in [0.29, 0.717) is 0 Å². The van der Waals surface area contributed by atoms with Crippen molar-refractivity contribution in [1.82, 2.24) is 10.6 Å². The fourth-order valence-corrected chi connectivity index (χ4v) is 13.9. The largest absolute Gasteiger partial charge is 0.463 e. The first-order chi connectivity index (χ1) is 47.7. The maximum Gasteiger partial charge on any atom is 0.302 e. The molecule has 42 heteroatoms. The predicted octanol–water partition coefficient (Wildman–Crippen LogP) is -16.4. The molecule has 0 aromatic heterocycles. The molecule has 42 nitrogen and oxygen atoms in total. The lowest BCUT2D eigenvalue weighted by atomic mass is 9.86. The van der Waals surface area contributed by atoms with Crippen LogP contribution in [0.25, 0.3) is 0 Å². The van der Waals surface area contributed by atoms with E-state index in [1.54, 1.807) is 0 Å². The monoisotopic (exact) mass is 1470 g/mol. The molecule has 9 aliphatic rings. The van der Waals surface area contributed by atoms with Gasteiger partial charge < -0.3 is 205 Å². The van der Waals surface area contributed by atoms with Gasteiger partial charge in [0.15, 0.2) is 44.0 Å². The van der Waals surface area contributed by atoms with Crippen LogP contribution in [0, 0.1) is 5.92 Å². The zero-order chi connectivity index (χ0) is 74.2. The van der Waals surface area contributed by atoms with E-state index in [1.807, 2.05) is 0 Å². The third-order valence-electron chi connectivity index (χ3n) is 19.9. The average molecular weight is 1480 g/mol. The molecule has 0 amide bonds. The molecule has 27 N–H and O–H groups in total. The summed E-state index contributed by atoms with van der Waals surface area (Å²) in [7, 11) is 0. The minimum absolute atomic E-state index is 0.0352. The van der Waals surface area contributed by atoms with E-state index in [9.17, 15) is 132 Å². The summed E-state index contributed by atoms with van der Waals surface area (Å²) in [6.45, 7) is -0.762. The summed E-state index contributed by atoms with van der Waals surface area (Å²) in [6, 6.07) is -5.10. The van der Waals surface area contributed by atoms with Crippen molar-refractivity contribution in [1.29, 1.82) is 0 Å². The molecule has 0 saturated carbocycles. The molecule has 0 aromatic rings. The van der Waals surface area contributed by atoms with E-state index < -0.39 is 316 Å². The molecule has 0 spiro atoms. The summed E-state index contributed by atoms with van der Waals surface area (Å²) in [4.78, 5) is 12.2. The van der Waals surface area contributed by atoms with E-state index in [-0.39, 0.29) is 11.1 Å². The smallest absolute Gasteiger partial charge is 0.302 e. The Kier molecular flexibility index (Phi) is 28.7. The first-order valence-corrected chi connectivity index (χ1v) is 32.9. The fraction of sp³-hybridized carbons (Fsp3) is 0.915. The average Bonchev–Trinajstić information content (AvgIpc) is 0.778. The zero-order valence-corrected chi connectivity index (χ0v) is 54.7. The number of ether oxygens (including phenoxy) is 14. The van der Waals surface area contributed by atoms with Gasteiger partial charge in [-0.15, -0.1) is 0 Å². The van der Waals surface area contributed by atoms with E-state index >= 15 is 0 Å². The molecule has 101 heavy (non-hydrogen) atoms. The van der Waals surface area contributed by atoms with Crippen molar-refractivity contribution in [2.24, 2.45) is 5.92 Å². The maximum atomic E-state index is 12.2. The summed E-state index contributed by atoms with van der Waals surface area (Å²) in [5.41, 5.74) is -0.207. The quantitative estimate of drug-likeness (QED) is 0.0315. The molecule has 43 atom stereocenters. The molecule has 43 unspecified atom stereocenters. The van der Waals surface area contributed by atoms with Gasteiger partial charge in [-0.05, 0) is 25.0 Å². The lowest BCUT2D eigenvalue weighted by Gasteiger charge is -2.50. The van der Waals surface area contributed by atoms with Crippen molar-refractivity contribution in [3.05, 3.63) is 23.3 Å². The first kappa shape index (κ1) is 82.4. The molecular weight excluding hydrogens is 1380 g/mol. The Morgan fingerprint density at radius 2 is 0.703 bits per heavy atom. The molecule has 7 heterocycles. The number of hydrogen-bond donors (Lipinski definition) is 27. The second kappa shape index (κ2) is 35.1. The van der Waals surface area contributed by atoms with E-state index in [0.717, 1.165) is 6.92 Å². The highest BCUT2D eigenvalue weighted by molar-refractivity contribution is 5.65. The molecule has 0 radical (unpaired) electrons. The Morgan fingerprint density at radius 1 is 0.366 bits per heavy atom. The van der Waals surface area contributed by atoms with Crippen molar-refractivity contribution in [3.63, 3.8) is 0 Å². The van der Waals surface area contributed by atoms with Gasteiger partial charge in [-0.1, -0.05) is 19.1 Å². The van der Waals surface area contributed by atoms with Crippen LogP contribution < -0.4 is 10.6 Å². The van der Waals surface area contributed by atoms with Crippen LogP contribution in [0.4, 0.5) is 0 Å². The molecule has 2 aliphatic carbocycles. The van der Waals surface area contributed by atoms with Gasteiger partial charge in [0.25, 0.3) is 0 Å². The van der Waals surface area contributed by atoms with Crippen LogP contribution in [0.5, 0.6) is 0 Å². The summed E-state index contributed by atoms with van der Waals surface area (Å²) < 4.78 is 80.4. The summed E-state index contributed by atoms with van der Waals surface area (Å²) in [5, 5.41) is 277. The SMILES string of the molecule is CC(=O)OCC1OC(OC2C(CO)OC(OC3C(CO)OC(OC4C(CO)OC(O)C(O)C4O)C(O)C3O)C(O)C2O)C(O)C(C)C1OC1OC(C)C(NC2C=C(CO)C(OC3OC(CO)C(OC4OC(C)C(NC5C=C(CO)C(O)C(O)C5O)C(O)C4O)C(O)C3O)C(O)C2O)C(O)C1O. The molecule has 584 valence electrons. The number of aliphatic hydroxyl groups is 25. The molecule has 9 rings (SSSR count). The Bertz CT molecular complexity index is 2680. The Labute approximate surface area is 574 Å². The second-order valence-electron chi connectivity index (χ2n) is 26.6. The summed E-state index contributed by atoms with van der Waals surface area (Å²) >= 11 is 0. The van der Waals surface area contributed by atoms with Gasteiger partial charge in [0.05, 0.1) is 82.1 Å². The van der Waals surface area contributed by atoms with Gasteiger partial charge >= 0.3 is 5.97 Å². The topological polar surface area (TPSA) is 676 Å². The normalized spacial score (nSPS) is 51.6. The van der Waals surface area contributed by atoms with Gasteiger partial charge in [0, 0.05) is 12.8 Å². The zero-order valence-electron chi connectivity index (χ0n) is 54.7. The van der Waals surface area contributed by atoms with Gasteiger partial charge in [-0.25, -0.2) is 0 Å². The van der Waals surface area contributed by atoms with E-state index in [4.69, 9.17) is 66.3 Å².